The Labute approximate surface area is 301 Å². The molecule has 0 radical (unpaired) electrons. The van der Waals surface area contributed by atoms with Crippen molar-refractivity contribution in [3.63, 3.8) is 0 Å². The standard InChI is InChI=1S/2C14H10O4S4.Zn/c2*15-13(16)9-5-1-3-7-11(9)19-21-22-20-12-8-4-2-6-10(12)14(17)18;/h2*1-8H,(H,15,16)(H,17,18);/q;;+2. The van der Waals surface area contributed by atoms with Crippen molar-refractivity contribution in [1.82, 2.24) is 0 Å². The first kappa shape index (κ1) is 39.4. The molecule has 0 spiro atoms. The first-order valence-corrected chi connectivity index (χ1v) is 21.5. The molecular formula is C28H20O8S8Zn+2. The van der Waals surface area contributed by atoms with E-state index in [0.717, 1.165) is 0 Å². The van der Waals surface area contributed by atoms with E-state index in [9.17, 15) is 19.2 Å². The van der Waals surface area contributed by atoms with E-state index in [0.29, 0.717) is 19.6 Å². The number of carboxylic acids is 4. The molecule has 4 N–H and O–H groups in total. The van der Waals surface area contributed by atoms with Gasteiger partial charge in [-0.05, 0) is 131 Å². The molecule has 0 aromatic heterocycles. The van der Waals surface area contributed by atoms with Crippen LogP contribution in [0.15, 0.2) is 117 Å². The van der Waals surface area contributed by atoms with Crippen LogP contribution in [0.3, 0.4) is 0 Å². The van der Waals surface area contributed by atoms with Gasteiger partial charge in [0.2, 0.25) is 0 Å². The Balaban J connectivity index is 0.000000307. The Kier molecular flexibility index (Phi) is 18.5. The quantitative estimate of drug-likeness (QED) is 0.0543. The predicted molar refractivity (Wildman–Crippen MR) is 187 cm³/mol. The van der Waals surface area contributed by atoms with Gasteiger partial charge in [0.1, 0.15) is 0 Å². The molecule has 0 saturated heterocycles. The number of carbonyl (C=O) groups is 4. The third-order valence-electron chi connectivity index (χ3n) is 5.02. The Bertz CT molecular complexity index is 1390. The number of rotatable bonds is 14. The minimum Gasteiger partial charge on any atom is -0.478 e. The van der Waals surface area contributed by atoms with Crippen molar-refractivity contribution in [1.29, 1.82) is 0 Å². The molecule has 0 fully saturated rings. The van der Waals surface area contributed by atoms with Crippen LogP contribution in [0.4, 0.5) is 0 Å². The summed E-state index contributed by atoms with van der Waals surface area (Å²) in [6.45, 7) is 0. The third kappa shape index (κ3) is 13.1. The van der Waals surface area contributed by atoms with Crippen LogP contribution in [0, 0.1) is 0 Å². The van der Waals surface area contributed by atoms with E-state index >= 15 is 0 Å². The summed E-state index contributed by atoms with van der Waals surface area (Å²) in [6, 6.07) is 27.1. The van der Waals surface area contributed by atoms with Gasteiger partial charge >= 0.3 is 43.4 Å². The Morgan fingerprint density at radius 2 is 0.533 bits per heavy atom. The molecule has 0 saturated carbocycles. The van der Waals surface area contributed by atoms with Crippen LogP contribution in [-0.4, -0.2) is 44.3 Å². The molecule has 45 heavy (non-hydrogen) atoms. The molecular weight excluding hydrogens is 786 g/mol. The average molecular weight is 806 g/mol. The summed E-state index contributed by atoms with van der Waals surface area (Å²) in [6.07, 6.45) is 0. The SMILES string of the molecule is O=C(O)c1ccccc1SSSSc1ccccc1C(=O)O.O=C(O)c1ccccc1SSSSc1ccccc1C(=O)O.[Zn+2]. The smallest absolute Gasteiger partial charge is 0.478 e. The van der Waals surface area contributed by atoms with Crippen LogP contribution in [0.25, 0.3) is 0 Å². The zero-order chi connectivity index (χ0) is 31.9. The second kappa shape index (κ2) is 21.1. The van der Waals surface area contributed by atoms with Crippen molar-refractivity contribution in [2.24, 2.45) is 0 Å². The van der Waals surface area contributed by atoms with Crippen molar-refractivity contribution >= 4 is 106 Å². The maximum Gasteiger partial charge on any atom is 2.00 e. The van der Waals surface area contributed by atoms with Gasteiger partial charge in [-0.2, -0.15) is 0 Å². The van der Waals surface area contributed by atoms with E-state index in [2.05, 4.69) is 0 Å². The van der Waals surface area contributed by atoms with E-state index in [1.807, 2.05) is 0 Å². The number of benzene rings is 4. The van der Waals surface area contributed by atoms with Crippen molar-refractivity contribution in [2.45, 2.75) is 19.6 Å². The molecule has 0 heterocycles. The molecule has 0 unspecified atom stereocenters. The van der Waals surface area contributed by atoms with Crippen LogP contribution < -0.4 is 0 Å². The maximum atomic E-state index is 11.1. The van der Waals surface area contributed by atoms with Crippen molar-refractivity contribution in [2.75, 3.05) is 0 Å². The molecule has 17 heteroatoms. The van der Waals surface area contributed by atoms with Gasteiger partial charge in [0.15, 0.2) is 0 Å². The van der Waals surface area contributed by atoms with E-state index in [4.69, 9.17) is 20.4 Å². The van der Waals surface area contributed by atoms with Crippen LogP contribution in [0.1, 0.15) is 41.4 Å². The molecule has 4 rings (SSSR count). The van der Waals surface area contributed by atoms with Crippen LogP contribution >= 0.6 is 82.5 Å². The van der Waals surface area contributed by atoms with Crippen LogP contribution in [-0.2, 0) is 19.5 Å². The summed E-state index contributed by atoms with van der Waals surface area (Å²) in [5, 5.41) is 36.4. The molecule has 0 aliphatic carbocycles. The van der Waals surface area contributed by atoms with Crippen LogP contribution in [0.2, 0.25) is 0 Å². The summed E-state index contributed by atoms with van der Waals surface area (Å²) >= 11 is 0. The van der Waals surface area contributed by atoms with Gasteiger partial charge in [-0.1, -0.05) is 48.5 Å². The fourth-order valence-electron chi connectivity index (χ4n) is 3.07. The molecule has 0 bridgehead atoms. The first-order valence-electron chi connectivity index (χ1n) is 11.8. The van der Waals surface area contributed by atoms with Crippen molar-refractivity contribution in [3.05, 3.63) is 119 Å². The summed E-state index contributed by atoms with van der Waals surface area (Å²) < 4.78 is 0. The van der Waals surface area contributed by atoms with Gasteiger partial charge in [-0.25, -0.2) is 19.2 Å². The largest absolute Gasteiger partial charge is 2.00 e. The van der Waals surface area contributed by atoms with Gasteiger partial charge in [0.25, 0.3) is 0 Å². The molecule has 0 amide bonds. The number of carboxylic acid groups (broad SMARTS) is 4. The molecule has 4 aromatic rings. The fourth-order valence-corrected chi connectivity index (χ4v) is 14.6. The second-order valence-electron chi connectivity index (χ2n) is 7.81. The molecule has 0 aliphatic heterocycles. The maximum absolute atomic E-state index is 11.1. The number of aromatic carboxylic acids is 4. The van der Waals surface area contributed by atoms with E-state index < -0.39 is 23.9 Å². The minimum atomic E-state index is -0.961. The Morgan fingerprint density at radius 1 is 0.356 bits per heavy atom. The summed E-state index contributed by atoms with van der Waals surface area (Å²) in [4.78, 5) is 47.0. The van der Waals surface area contributed by atoms with Crippen molar-refractivity contribution < 1.29 is 59.1 Å². The van der Waals surface area contributed by atoms with Gasteiger partial charge in [-0.3, -0.25) is 0 Å². The fraction of sp³-hybridized carbons (Fsp3) is 0. The zero-order valence-electron chi connectivity index (χ0n) is 22.6. The predicted octanol–water partition coefficient (Wildman–Crippen LogP) is 10.4. The summed E-state index contributed by atoms with van der Waals surface area (Å²) in [5.41, 5.74) is 1.04. The normalized spacial score (nSPS) is 10.1. The van der Waals surface area contributed by atoms with Crippen molar-refractivity contribution in [3.8, 4) is 0 Å². The zero-order valence-corrected chi connectivity index (χ0v) is 32.1. The summed E-state index contributed by atoms with van der Waals surface area (Å²) in [7, 11) is 10.9. The van der Waals surface area contributed by atoms with E-state index in [1.54, 1.807) is 97.1 Å². The second-order valence-corrected chi connectivity index (χ2v) is 19.3. The van der Waals surface area contributed by atoms with Gasteiger partial charge in [0.05, 0.1) is 22.3 Å². The molecule has 0 atom stereocenters. The third-order valence-corrected chi connectivity index (χ3v) is 17.3. The summed E-state index contributed by atoms with van der Waals surface area (Å²) in [5.74, 6) is -3.84. The molecule has 8 nitrogen and oxygen atoms in total. The molecule has 0 aliphatic rings. The first-order chi connectivity index (χ1) is 21.2. The van der Waals surface area contributed by atoms with Gasteiger partial charge in [-0.15, -0.1) is 0 Å². The molecule has 228 valence electrons. The number of hydrogen-bond donors (Lipinski definition) is 4. The van der Waals surface area contributed by atoms with E-state index in [-0.39, 0.29) is 41.7 Å². The topological polar surface area (TPSA) is 149 Å². The van der Waals surface area contributed by atoms with Gasteiger partial charge < -0.3 is 20.4 Å². The average Bonchev–Trinajstić information content (AvgIpc) is 3.02. The Morgan fingerprint density at radius 3 is 0.711 bits per heavy atom. The van der Waals surface area contributed by atoms with Gasteiger partial charge in [0, 0.05) is 19.6 Å². The van der Waals surface area contributed by atoms with Crippen LogP contribution in [0.5, 0.6) is 0 Å². The Hall–Kier alpha value is -1.82. The monoisotopic (exact) mass is 804 g/mol. The minimum absolute atomic E-state index is 0. The van der Waals surface area contributed by atoms with E-state index in [1.165, 1.54) is 82.5 Å². The molecule has 4 aromatic carbocycles. The number of hydrogen-bond acceptors (Lipinski definition) is 12.